The second-order valence-electron chi connectivity index (χ2n) is 5.41. The van der Waals surface area contributed by atoms with Crippen molar-refractivity contribution in [2.45, 2.75) is 13.3 Å². The number of anilines is 2. The molecule has 7 heteroatoms. The normalized spacial score (nSPS) is 12.5. The molecule has 0 aliphatic carbocycles. The molecule has 0 saturated carbocycles. The molecule has 1 aliphatic heterocycles. The molecule has 23 heavy (non-hydrogen) atoms. The minimum absolute atomic E-state index is 0.694. The van der Waals surface area contributed by atoms with Crippen molar-refractivity contribution in [2.75, 3.05) is 11.4 Å². The second-order valence-corrected chi connectivity index (χ2v) is 6.33. The molecule has 2 heterocycles. The molecule has 0 atom stereocenters. The summed E-state index contributed by atoms with van der Waals surface area (Å²) in [5, 5.41) is 14.2. The standard InChI is InChI=1S/C16H14BrN5O/c1-10-2-4-12-14(8-10)23-15-9-11(17)3-5-13(15)22(12)7-6-16-18-20-21-19-16/h2-5,8-9H,6-7H2,1H3,(H,18,19,20,21). The van der Waals surface area contributed by atoms with E-state index >= 15 is 0 Å². The van der Waals surface area contributed by atoms with Gasteiger partial charge < -0.3 is 9.64 Å². The van der Waals surface area contributed by atoms with Gasteiger partial charge in [-0.1, -0.05) is 27.2 Å². The van der Waals surface area contributed by atoms with Gasteiger partial charge in [0.15, 0.2) is 17.3 Å². The number of ether oxygens (including phenoxy) is 1. The SMILES string of the molecule is Cc1ccc2c(c1)Oc1cc(Br)ccc1N2CCc1nn[nH]n1. The molecule has 1 aromatic heterocycles. The number of benzene rings is 2. The first-order chi connectivity index (χ1) is 11.2. The summed E-state index contributed by atoms with van der Waals surface area (Å²) in [4.78, 5) is 2.23. The summed E-state index contributed by atoms with van der Waals surface area (Å²) in [7, 11) is 0. The van der Waals surface area contributed by atoms with Crippen LogP contribution in [0.3, 0.4) is 0 Å². The van der Waals surface area contributed by atoms with E-state index in [0.29, 0.717) is 12.2 Å². The Kier molecular flexibility index (Phi) is 3.49. The van der Waals surface area contributed by atoms with E-state index in [-0.39, 0.29) is 0 Å². The van der Waals surface area contributed by atoms with Gasteiger partial charge in [-0.3, -0.25) is 0 Å². The van der Waals surface area contributed by atoms with Crippen LogP contribution in [0.25, 0.3) is 0 Å². The number of aromatic nitrogens is 4. The topological polar surface area (TPSA) is 66.9 Å². The zero-order valence-corrected chi connectivity index (χ0v) is 14.0. The fourth-order valence-corrected chi connectivity index (χ4v) is 3.05. The van der Waals surface area contributed by atoms with E-state index in [1.807, 2.05) is 12.1 Å². The minimum Gasteiger partial charge on any atom is -0.453 e. The van der Waals surface area contributed by atoms with Crippen LogP contribution < -0.4 is 9.64 Å². The Morgan fingerprint density at radius 2 is 1.91 bits per heavy atom. The highest BCUT2D eigenvalue weighted by Crippen LogP contribution is 2.47. The highest BCUT2D eigenvalue weighted by Gasteiger charge is 2.24. The Bertz CT molecular complexity index is 798. The summed E-state index contributed by atoms with van der Waals surface area (Å²) in [6, 6.07) is 12.3. The molecule has 4 rings (SSSR count). The average molecular weight is 372 g/mol. The third-order valence-electron chi connectivity index (χ3n) is 3.79. The molecular weight excluding hydrogens is 358 g/mol. The van der Waals surface area contributed by atoms with E-state index in [0.717, 1.165) is 33.9 Å². The van der Waals surface area contributed by atoms with Gasteiger partial charge in [0.25, 0.3) is 0 Å². The van der Waals surface area contributed by atoms with Crippen LogP contribution in [0.4, 0.5) is 11.4 Å². The van der Waals surface area contributed by atoms with Gasteiger partial charge in [-0.05, 0) is 42.8 Å². The first kappa shape index (κ1) is 14.2. The van der Waals surface area contributed by atoms with Gasteiger partial charge in [0.05, 0.1) is 11.4 Å². The van der Waals surface area contributed by atoms with Gasteiger partial charge in [-0.15, -0.1) is 10.2 Å². The van der Waals surface area contributed by atoms with Gasteiger partial charge in [0.1, 0.15) is 0 Å². The van der Waals surface area contributed by atoms with Crippen LogP contribution in [0.5, 0.6) is 11.5 Å². The maximum Gasteiger partial charge on any atom is 0.176 e. The lowest BCUT2D eigenvalue weighted by Crippen LogP contribution is -2.24. The first-order valence-electron chi connectivity index (χ1n) is 7.28. The van der Waals surface area contributed by atoms with Gasteiger partial charge in [-0.2, -0.15) is 5.21 Å². The molecule has 0 radical (unpaired) electrons. The van der Waals surface area contributed by atoms with Crippen molar-refractivity contribution in [3.05, 3.63) is 52.3 Å². The van der Waals surface area contributed by atoms with Crippen LogP contribution in [0, 0.1) is 6.92 Å². The highest BCUT2D eigenvalue weighted by molar-refractivity contribution is 9.10. The van der Waals surface area contributed by atoms with Crippen LogP contribution in [0.1, 0.15) is 11.4 Å². The van der Waals surface area contributed by atoms with E-state index in [1.165, 1.54) is 5.56 Å². The smallest absolute Gasteiger partial charge is 0.176 e. The molecule has 3 aromatic rings. The number of H-pyrrole nitrogens is 1. The van der Waals surface area contributed by atoms with E-state index in [4.69, 9.17) is 4.74 Å². The summed E-state index contributed by atoms with van der Waals surface area (Å²) < 4.78 is 7.08. The largest absolute Gasteiger partial charge is 0.453 e. The number of tetrazole rings is 1. The third kappa shape index (κ3) is 2.68. The van der Waals surface area contributed by atoms with Crippen LogP contribution in [0.15, 0.2) is 40.9 Å². The number of nitrogens with zero attached hydrogens (tertiary/aromatic N) is 4. The second kappa shape index (κ2) is 5.66. The number of nitrogens with one attached hydrogen (secondary N) is 1. The van der Waals surface area contributed by atoms with Gasteiger partial charge >= 0.3 is 0 Å². The number of aromatic amines is 1. The predicted molar refractivity (Wildman–Crippen MR) is 90.3 cm³/mol. The summed E-state index contributed by atoms with van der Waals surface area (Å²) in [5.74, 6) is 2.40. The molecule has 6 nitrogen and oxygen atoms in total. The van der Waals surface area contributed by atoms with Crippen molar-refractivity contribution in [1.82, 2.24) is 20.6 Å². The van der Waals surface area contributed by atoms with Crippen molar-refractivity contribution >= 4 is 27.3 Å². The number of fused-ring (bicyclic) bond motifs is 2. The maximum atomic E-state index is 6.08. The highest BCUT2D eigenvalue weighted by atomic mass is 79.9. The van der Waals surface area contributed by atoms with Gasteiger partial charge in [-0.25, -0.2) is 0 Å². The first-order valence-corrected chi connectivity index (χ1v) is 8.08. The molecule has 116 valence electrons. The fourth-order valence-electron chi connectivity index (χ4n) is 2.71. The Hall–Kier alpha value is -2.41. The van der Waals surface area contributed by atoms with Crippen molar-refractivity contribution in [3.63, 3.8) is 0 Å². The molecule has 0 fully saturated rings. The van der Waals surface area contributed by atoms with Crippen LogP contribution in [-0.4, -0.2) is 27.2 Å². The third-order valence-corrected chi connectivity index (χ3v) is 4.28. The molecule has 0 unspecified atom stereocenters. The summed E-state index contributed by atoms with van der Waals surface area (Å²) >= 11 is 3.50. The predicted octanol–water partition coefficient (Wildman–Crippen LogP) is 3.76. The van der Waals surface area contributed by atoms with Gasteiger partial charge in [0.2, 0.25) is 0 Å². The van der Waals surface area contributed by atoms with E-state index < -0.39 is 0 Å². The number of aryl methyl sites for hydroxylation is 1. The lowest BCUT2D eigenvalue weighted by Gasteiger charge is -2.32. The summed E-state index contributed by atoms with van der Waals surface area (Å²) in [5.41, 5.74) is 3.25. The summed E-state index contributed by atoms with van der Waals surface area (Å²) in [6.45, 7) is 2.80. The number of halogens is 1. The zero-order chi connectivity index (χ0) is 15.8. The molecule has 0 saturated heterocycles. The van der Waals surface area contributed by atoms with Crippen molar-refractivity contribution < 1.29 is 4.74 Å². The molecular formula is C16H14BrN5O. The van der Waals surface area contributed by atoms with E-state index in [2.05, 4.69) is 72.6 Å². The van der Waals surface area contributed by atoms with Crippen LogP contribution in [-0.2, 0) is 6.42 Å². The lowest BCUT2D eigenvalue weighted by atomic mass is 10.1. The van der Waals surface area contributed by atoms with Crippen molar-refractivity contribution in [3.8, 4) is 11.5 Å². The Labute approximate surface area is 141 Å². The Morgan fingerprint density at radius 3 is 2.70 bits per heavy atom. The van der Waals surface area contributed by atoms with Crippen LogP contribution >= 0.6 is 15.9 Å². The number of hydrogen-bond donors (Lipinski definition) is 1. The minimum atomic E-state index is 0.694. The average Bonchev–Trinajstić information content (AvgIpc) is 3.04. The molecule has 2 aromatic carbocycles. The van der Waals surface area contributed by atoms with Gasteiger partial charge in [0, 0.05) is 17.4 Å². The van der Waals surface area contributed by atoms with Crippen LogP contribution in [0.2, 0.25) is 0 Å². The molecule has 1 aliphatic rings. The fraction of sp³-hybridized carbons (Fsp3) is 0.188. The molecule has 0 amide bonds. The molecule has 0 spiro atoms. The van der Waals surface area contributed by atoms with Crippen molar-refractivity contribution in [2.24, 2.45) is 0 Å². The van der Waals surface area contributed by atoms with E-state index in [1.54, 1.807) is 0 Å². The number of hydrogen-bond acceptors (Lipinski definition) is 5. The van der Waals surface area contributed by atoms with Crippen molar-refractivity contribution in [1.29, 1.82) is 0 Å². The summed E-state index contributed by atoms with van der Waals surface area (Å²) in [6.07, 6.45) is 0.694. The molecule has 1 N–H and O–H groups in total. The molecule has 0 bridgehead atoms. The van der Waals surface area contributed by atoms with E-state index in [9.17, 15) is 0 Å². The Morgan fingerprint density at radius 1 is 1.13 bits per heavy atom. The lowest BCUT2D eigenvalue weighted by molar-refractivity contribution is 0.472. The Balaban J connectivity index is 1.74. The zero-order valence-electron chi connectivity index (χ0n) is 12.5. The number of rotatable bonds is 3. The maximum absolute atomic E-state index is 6.08. The quantitative estimate of drug-likeness (QED) is 0.759. The monoisotopic (exact) mass is 371 g/mol.